The first-order valence-corrected chi connectivity index (χ1v) is 7.21. The summed E-state index contributed by atoms with van der Waals surface area (Å²) in [6.07, 6.45) is 1.75. The number of ketones is 1. The number of halogens is 1. The molecule has 0 amide bonds. The number of carbonyl (C=O) groups excluding carboxylic acids is 1. The summed E-state index contributed by atoms with van der Waals surface area (Å²) >= 11 is 0. The van der Waals surface area contributed by atoms with Gasteiger partial charge in [0.15, 0.2) is 5.78 Å². The van der Waals surface area contributed by atoms with Crippen molar-refractivity contribution >= 4 is 5.78 Å². The molecule has 1 heterocycles. The smallest absolute Gasteiger partial charge is 0.202 e. The fourth-order valence-electron chi connectivity index (χ4n) is 2.48. The molecule has 0 saturated carbocycles. The summed E-state index contributed by atoms with van der Waals surface area (Å²) in [5, 5.41) is 8.16. The summed E-state index contributed by atoms with van der Waals surface area (Å²) in [5.74, 6) is -0.360. The van der Waals surface area contributed by atoms with Crippen LogP contribution in [0.25, 0.3) is 11.3 Å². The maximum atomic E-state index is 13.1. The van der Waals surface area contributed by atoms with Crippen LogP contribution < -0.4 is 5.62 Å². The van der Waals surface area contributed by atoms with E-state index in [4.69, 9.17) is 5.41 Å². The average Bonchev–Trinajstić information content (AvgIpc) is 2.85. The van der Waals surface area contributed by atoms with Gasteiger partial charge in [0.05, 0.1) is 12.2 Å². The molecule has 2 aromatic carbocycles. The Balaban J connectivity index is 1.93. The van der Waals surface area contributed by atoms with Gasteiger partial charge in [0, 0.05) is 18.8 Å². The van der Waals surface area contributed by atoms with Crippen molar-refractivity contribution in [2.24, 2.45) is 7.05 Å². The number of nitrogens with zero attached hydrogens (tertiary/aromatic N) is 2. The lowest BCUT2D eigenvalue weighted by Gasteiger charge is -2.01. The van der Waals surface area contributed by atoms with Crippen LogP contribution in [0.5, 0.6) is 0 Å². The lowest BCUT2D eigenvalue weighted by Crippen LogP contribution is -2.25. The standard InChI is InChI=1S/C18H16FN3O/c1-21-16(13-7-9-15(19)10-8-13)11-22(18(21)20)12-17(23)14-5-3-2-4-6-14/h2-11,20H,12H2,1H3. The van der Waals surface area contributed by atoms with E-state index in [2.05, 4.69) is 0 Å². The number of benzene rings is 2. The highest BCUT2D eigenvalue weighted by Gasteiger charge is 2.12. The SMILES string of the molecule is Cn1c(-c2ccc(F)cc2)cn(CC(=O)c2ccccc2)c1=N. The number of carbonyl (C=O) groups is 1. The number of hydrogen-bond acceptors (Lipinski definition) is 2. The molecule has 4 nitrogen and oxygen atoms in total. The van der Waals surface area contributed by atoms with Crippen LogP contribution in [-0.4, -0.2) is 14.9 Å². The van der Waals surface area contributed by atoms with Crippen molar-refractivity contribution in [3.8, 4) is 11.3 Å². The van der Waals surface area contributed by atoms with Gasteiger partial charge in [-0.15, -0.1) is 0 Å². The third-order valence-electron chi connectivity index (χ3n) is 3.78. The molecule has 0 atom stereocenters. The van der Waals surface area contributed by atoms with Crippen LogP contribution in [0.4, 0.5) is 4.39 Å². The first kappa shape index (κ1) is 15.0. The van der Waals surface area contributed by atoms with Crippen molar-refractivity contribution in [2.45, 2.75) is 6.54 Å². The molecule has 0 bridgehead atoms. The molecule has 0 saturated heterocycles. The van der Waals surface area contributed by atoms with E-state index in [0.717, 1.165) is 11.3 Å². The molecule has 0 unspecified atom stereocenters. The topological polar surface area (TPSA) is 50.8 Å². The molecule has 0 fully saturated rings. The van der Waals surface area contributed by atoms with Gasteiger partial charge in [-0.05, 0) is 29.8 Å². The molecule has 23 heavy (non-hydrogen) atoms. The zero-order chi connectivity index (χ0) is 16.4. The van der Waals surface area contributed by atoms with E-state index in [9.17, 15) is 9.18 Å². The number of imidazole rings is 1. The normalized spacial score (nSPS) is 10.7. The molecule has 1 aromatic heterocycles. The van der Waals surface area contributed by atoms with Crippen molar-refractivity contribution in [1.29, 1.82) is 5.41 Å². The van der Waals surface area contributed by atoms with Gasteiger partial charge in [0.25, 0.3) is 0 Å². The van der Waals surface area contributed by atoms with E-state index in [1.807, 2.05) is 18.2 Å². The quantitative estimate of drug-likeness (QED) is 0.740. The van der Waals surface area contributed by atoms with Crippen LogP contribution in [-0.2, 0) is 13.6 Å². The minimum absolute atomic E-state index is 0.0552. The number of Topliss-reactive ketones (excluding diaryl/α,β-unsaturated/α-hetero) is 1. The fourth-order valence-corrected chi connectivity index (χ4v) is 2.48. The second kappa shape index (κ2) is 6.04. The predicted molar refractivity (Wildman–Crippen MR) is 85.4 cm³/mol. The van der Waals surface area contributed by atoms with Crippen molar-refractivity contribution in [3.63, 3.8) is 0 Å². The van der Waals surface area contributed by atoms with Crippen LogP contribution >= 0.6 is 0 Å². The average molecular weight is 309 g/mol. The highest BCUT2D eigenvalue weighted by molar-refractivity contribution is 5.95. The molecule has 0 spiro atoms. The summed E-state index contributed by atoms with van der Waals surface area (Å²) in [5.41, 5.74) is 2.39. The Morgan fingerprint density at radius 2 is 1.74 bits per heavy atom. The molecule has 3 aromatic rings. The number of aromatic nitrogens is 2. The minimum Gasteiger partial charge on any atom is -0.314 e. The Kier molecular flexibility index (Phi) is 3.93. The highest BCUT2D eigenvalue weighted by atomic mass is 19.1. The summed E-state index contributed by atoms with van der Waals surface area (Å²) < 4.78 is 16.3. The van der Waals surface area contributed by atoms with E-state index in [1.165, 1.54) is 12.1 Å². The maximum Gasteiger partial charge on any atom is 0.202 e. The van der Waals surface area contributed by atoms with Gasteiger partial charge in [-0.3, -0.25) is 10.2 Å². The second-order valence-electron chi connectivity index (χ2n) is 5.32. The molecule has 3 rings (SSSR count). The van der Waals surface area contributed by atoms with Gasteiger partial charge in [-0.1, -0.05) is 30.3 Å². The largest absolute Gasteiger partial charge is 0.314 e. The molecule has 0 aliphatic carbocycles. The Morgan fingerprint density at radius 1 is 1.09 bits per heavy atom. The second-order valence-corrected chi connectivity index (χ2v) is 5.32. The Labute approximate surface area is 133 Å². The number of hydrogen-bond donors (Lipinski definition) is 1. The lowest BCUT2D eigenvalue weighted by atomic mass is 10.1. The van der Waals surface area contributed by atoms with Crippen LogP contribution in [0.2, 0.25) is 0 Å². The molecule has 116 valence electrons. The molecule has 0 aliphatic heterocycles. The number of nitrogens with one attached hydrogen (secondary N) is 1. The molecule has 0 aliphatic rings. The van der Waals surface area contributed by atoms with Crippen molar-refractivity contribution in [2.75, 3.05) is 0 Å². The fraction of sp³-hybridized carbons (Fsp3) is 0.111. The molecular formula is C18H16FN3O. The van der Waals surface area contributed by atoms with E-state index >= 15 is 0 Å². The Hall–Kier alpha value is -2.95. The molecule has 0 radical (unpaired) electrons. The first-order chi connectivity index (χ1) is 11.1. The van der Waals surface area contributed by atoms with Gasteiger partial charge in [0.2, 0.25) is 5.62 Å². The Bertz CT molecular complexity index is 892. The van der Waals surface area contributed by atoms with E-state index in [0.29, 0.717) is 5.56 Å². The maximum absolute atomic E-state index is 13.1. The van der Waals surface area contributed by atoms with Crippen molar-refractivity contribution in [3.05, 3.63) is 77.8 Å². The minimum atomic E-state index is -0.304. The van der Waals surface area contributed by atoms with Crippen LogP contribution in [0.1, 0.15) is 10.4 Å². The third kappa shape index (κ3) is 2.99. The van der Waals surface area contributed by atoms with Crippen LogP contribution in [0.3, 0.4) is 0 Å². The van der Waals surface area contributed by atoms with Gasteiger partial charge in [-0.2, -0.15) is 0 Å². The monoisotopic (exact) mass is 309 g/mol. The third-order valence-corrected chi connectivity index (χ3v) is 3.78. The zero-order valence-corrected chi connectivity index (χ0v) is 12.7. The van der Waals surface area contributed by atoms with Gasteiger partial charge >= 0.3 is 0 Å². The van der Waals surface area contributed by atoms with Crippen molar-refractivity contribution in [1.82, 2.24) is 9.13 Å². The van der Waals surface area contributed by atoms with E-state index in [-0.39, 0.29) is 23.8 Å². The van der Waals surface area contributed by atoms with Crippen LogP contribution in [0.15, 0.2) is 60.8 Å². The summed E-state index contributed by atoms with van der Waals surface area (Å²) in [6.45, 7) is 0.0951. The van der Waals surface area contributed by atoms with E-state index in [1.54, 1.807) is 46.6 Å². The summed E-state index contributed by atoms with van der Waals surface area (Å²) in [6, 6.07) is 15.1. The molecular weight excluding hydrogens is 293 g/mol. The van der Waals surface area contributed by atoms with Crippen molar-refractivity contribution < 1.29 is 9.18 Å². The van der Waals surface area contributed by atoms with Gasteiger partial charge in [0.1, 0.15) is 5.82 Å². The molecule has 1 N–H and O–H groups in total. The predicted octanol–water partition coefficient (Wildman–Crippen LogP) is 3.00. The lowest BCUT2D eigenvalue weighted by molar-refractivity contribution is 0.0970. The Morgan fingerprint density at radius 3 is 2.39 bits per heavy atom. The van der Waals surface area contributed by atoms with Crippen LogP contribution in [0, 0.1) is 11.2 Å². The summed E-state index contributed by atoms with van der Waals surface area (Å²) in [7, 11) is 1.75. The number of rotatable bonds is 4. The summed E-state index contributed by atoms with van der Waals surface area (Å²) in [4.78, 5) is 12.3. The molecule has 5 heteroatoms. The van der Waals surface area contributed by atoms with Gasteiger partial charge in [-0.25, -0.2) is 4.39 Å². The zero-order valence-electron chi connectivity index (χ0n) is 12.7. The van der Waals surface area contributed by atoms with Gasteiger partial charge < -0.3 is 9.13 Å². The highest BCUT2D eigenvalue weighted by Crippen LogP contribution is 2.18. The van der Waals surface area contributed by atoms with E-state index < -0.39 is 0 Å². The first-order valence-electron chi connectivity index (χ1n) is 7.21.